The van der Waals surface area contributed by atoms with Crippen molar-refractivity contribution in [3.63, 3.8) is 0 Å². The van der Waals surface area contributed by atoms with Crippen molar-refractivity contribution in [3.8, 4) is 0 Å². The molecular formula is C6H13N3. The molecule has 0 fully saturated rings. The van der Waals surface area contributed by atoms with Gasteiger partial charge in [-0.05, 0) is 6.42 Å². The number of unbranched alkanes of at least 4 members (excludes halogenated alkanes) is 1. The van der Waals surface area contributed by atoms with Gasteiger partial charge in [-0.2, -0.15) is 0 Å². The number of aliphatic imine (C=N–C) groups is 1. The van der Waals surface area contributed by atoms with Gasteiger partial charge >= 0.3 is 0 Å². The zero-order chi connectivity index (χ0) is 6.69. The Bertz CT molecular complexity index is 119. The molecule has 52 valence electrons. The van der Waals surface area contributed by atoms with Crippen LogP contribution < -0.4 is 11.3 Å². The zero-order valence-corrected chi connectivity index (χ0v) is 5.72. The minimum Gasteiger partial charge on any atom is -0.310 e. The standard InChI is InChI=1S/C6H13N3/c1-2-3-4-5-6(8-5)9-7/h5H,2-4,7H2,1H3,(H,8,9). The summed E-state index contributed by atoms with van der Waals surface area (Å²) < 4.78 is 0. The molecular weight excluding hydrogens is 114 g/mol. The molecule has 1 rings (SSSR count). The van der Waals surface area contributed by atoms with E-state index in [9.17, 15) is 0 Å². The maximum atomic E-state index is 5.12. The molecule has 3 heteroatoms. The average molecular weight is 127 g/mol. The highest BCUT2D eigenvalue weighted by atomic mass is 15.3. The molecule has 0 amide bonds. The fourth-order valence-electron chi connectivity index (χ4n) is 0.863. The topological polar surface area (TPSA) is 50.4 Å². The van der Waals surface area contributed by atoms with Crippen LogP contribution in [0.15, 0.2) is 4.99 Å². The van der Waals surface area contributed by atoms with Crippen molar-refractivity contribution in [2.45, 2.75) is 32.2 Å². The molecule has 1 heterocycles. The maximum absolute atomic E-state index is 5.12. The number of nitrogens with zero attached hydrogens (tertiary/aromatic N) is 1. The Hall–Kier alpha value is -0.570. The van der Waals surface area contributed by atoms with Crippen LogP contribution in [0.3, 0.4) is 0 Å². The lowest BCUT2D eigenvalue weighted by Gasteiger charge is -1.92. The van der Waals surface area contributed by atoms with Crippen molar-refractivity contribution in [2.24, 2.45) is 10.8 Å². The maximum Gasteiger partial charge on any atom is 0.136 e. The summed E-state index contributed by atoms with van der Waals surface area (Å²) in [5.74, 6) is 6.09. The molecule has 0 aliphatic carbocycles. The zero-order valence-electron chi connectivity index (χ0n) is 5.72. The Balaban J connectivity index is 1.96. The summed E-state index contributed by atoms with van der Waals surface area (Å²) in [4.78, 5) is 4.09. The number of hydrogen-bond acceptors (Lipinski definition) is 3. The van der Waals surface area contributed by atoms with Crippen LogP contribution in [-0.2, 0) is 0 Å². The minimum absolute atomic E-state index is 0.440. The summed E-state index contributed by atoms with van der Waals surface area (Å²) in [7, 11) is 0. The van der Waals surface area contributed by atoms with E-state index in [-0.39, 0.29) is 0 Å². The van der Waals surface area contributed by atoms with Crippen molar-refractivity contribution in [1.29, 1.82) is 0 Å². The summed E-state index contributed by atoms with van der Waals surface area (Å²) in [6.45, 7) is 2.18. The molecule has 1 aliphatic rings. The van der Waals surface area contributed by atoms with E-state index in [2.05, 4.69) is 17.3 Å². The normalized spacial score (nSPS) is 23.3. The van der Waals surface area contributed by atoms with Gasteiger partial charge in [-0.25, -0.2) is 5.84 Å². The van der Waals surface area contributed by atoms with Crippen LogP contribution in [0, 0.1) is 0 Å². The number of hydrogen-bond donors (Lipinski definition) is 2. The molecule has 0 saturated carbocycles. The van der Waals surface area contributed by atoms with Crippen molar-refractivity contribution in [1.82, 2.24) is 5.43 Å². The van der Waals surface area contributed by atoms with Crippen molar-refractivity contribution in [2.75, 3.05) is 0 Å². The van der Waals surface area contributed by atoms with Crippen LogP contribution in [-0.4, -0.2) is 11.9 Å². The molecule has 3 N–H and O–H groups in total. The second-order valence-electron chi connectivity index (χ2n) is 2.32. The van der Waals surface area contributed by atoms with Gasteiger partial charge in [-0.1, -0.05) is 19.8 Å². The van der Waals surface area contributed by atoms with Gasteiger partial charge in [0.05, 0.1) is 0 Å². The molecule has 0 saturated heterocycles. The number of hydrazine groups is 1. The lowest BCUT2D eigenvalue weighted by molar-refractivity contribution is 0.715. The summed E-state index contributed by atoms with van der Waals surface area (Å²) in [6.07, 6.45) is 3.65. The Morgan fingerprint density at radius 1 is 1.78 bits per heavy atom. The van der Waals surface area contributed by atoms with Crippen molar-refractivity contribution in [3.05, 3.63) is 0 Å². The number of nitrogens with two attached hydrogens (primary N) is 1. The van der Waals surface area contributed by atoms with Crippen LogP contribution in [0.2, 0.25) is 0 Å². The Kier molecular flexibility index (Phi) is 2.05. The Labute approximate surface area is 55.3 Å². The van der Waals surface area contributed by atoms with Crippen molar-refractivity contribution < 1.29 is 0 Å². The van der Waals surface area contributed by atoms with Gasteiger partial charge in [0.2, 0.25) is 0 Å². The molecule has 0 bridgehead atoms. The van der Waals surface area contributed by atoms with Gasteiger partial charge < -0.3 is 5.43 Å². The van der Waals surface area contributed by atoms with Crippen LogP contribution in [0.5, 0.6) is 0 Å². The smallest absolute Gasteiger partial charge is 0.136 e. The summed E-state index contributed by atoms with van der Waals surface area (Å²) in [6, 6.07) is 0.440. The third-order valence-corrected chi connectivity index (χ3v) is 1.52. The third kappa shape index (κ3) is 1.68. The van der Waals surface area contributed by atoms with E-state index in [1.165, 1.54) is 12.8 Å². The Morgan fingerprint density at radius 2 is 2.56 bits per heavy atom. The molecule has 1 aliphatic heterocycles. The van der Waals surface area contributed by atoms with Crippen LogP contribution in [0.25, 0.3) is 0 Å². The van der Waals surface area contributed by atoms with Crippen LogP contribution >= 0.6 is 0 Å². The molecule has 0 radical (unpaired) electrons. The summed E-state index contributed by atoms with van der Waals surface area (Å²) >= 11 is 0. The fraction of sp³-hybridized carbons (Fsp3) is 0.833. The average Bonchev–Trinajstić information content (AvgIpc) is 2.62. The second-order valence-corrected chi connectivity index (χ2v) is 2.32. The van der Waals surface area contributed by atoms with E-state index >= 15 is 0 Å². The highest BCUT2D eigenvalue weighted by Gasteiger charge is 2.25. The highest BCUT2D eigenvalue weighted by molar-refractivity contribution is 5.98. The first-order chi connectivity index (χ1) is 4.38. The first-order valence-electron chi connectivity index (χ1n) is 3.42. The quantitative estimate of drug-likeness (QED) is 0.426. The van der Waals surface area contributed by atoms with Crippen molar-refractivity contribution >= 4 is 5.84 Å². The molecule has 1 atom stereocenters. The number of amidine groups is 1. The van der Waals surface area contributed by atoms with E-state index in [1.807, 2.05) is 0 Å². The SMILES string of the molecule is CCCCC1N=C1NN. The fourth-order valence-corrected chi connectivity index (χ4v) is 0.863. The second kappa shape index (κ2) is 2.82. The van der Waals surface area contributed by atoms with Gasteiger partial charge in [0.15, 0.2) is 0 Å². The monoisotopic (exact) mass is 127 g/mol. The summed E-state index contributed by atoms with van der Waals surface area (Å²) in [5.41, 5.74) is 2.55. The molecule has 0 spiro atoms. The molecule has 0 aromatic rings. The van der Waals surface area contributed by atoms with E-state index in [0.29, 0.717) is 6.04 Å². The predicted molar refractivity (Wildman–Crippen MR) is 38.1 cm³/mol. The molecule has 0 aromatic heterocycles. The van der Waals surface area contributed by atoms with E-state index in [0.717, 1.165) is 12.3 Å². The van der Waals surface area contributed by atoms with E-state index < -0.39 is 0 Å². The third-order valence-electron chi connectivity index (χ3n) is 1.52. The highest BCUT2D eigenvalue weighted by Crippen LogP contribution is 2.15. The van der Waals surface area contributed by atoms with Gasteiger partial charge in [0.1, 0.15) is 11.9 Å². The van der Waals surface area contributed by atoms with Gasteiger partial charge in [-0.15, -0.1) is 0 Å². The Morgan fingerprint density at radius 3 is 3.00 bits per heavy atom. The number of rotatable bonds is 3. The molecule has 0 aromatic carbocycles. The molecule has 1 unspecified atom stereocenters. The van der Waals surface area contributed by atoms with Gasteiger partial charge in [0.25, 0.3) is 0 Å². The van der Waals surface area contributed by atoms with Gasteiger partial charge in [0, 0.05) is 0 Å². The predicted octanol–water partition coefficient (Wildman–Crippen LogP) is 0.421. The van der Waals surface area contributed by atoms with E-state index in [1.54, 1.807) is 0 Å². The van der Waals surface area contributed by atoms with Crippen LogP contribution in [0.4, 0.5) is 0 Å². The first-order valence-corrected chi connectivity index (χ1v) is 3.42. The summed E-state index contributed by atoms with van der Waals surface area (Å²) in [5, 5.41) is 0. The number of nitrogens with one attached hydrogen (secondary N) is 1. The lowest BCUT2D eigenvalue weighted by atomic mass is 10.2. The van der Waals surface area contributed by atoms with Gasteiger partial charge in [-0.3, -0.25) is 4.99 Å². The van der Waals surface area contributed by atoms with E-state index in [4.69, 9.17) is 5.84 Å². The molecule has 9 heavy (non-hydrogen) atoms. The minimum atomic E-state index is 0.440. The van der Waals surface area contributed by atoms with Crippen LogP contribution in [0.1, 0.15) is 26.2 Å². The first kappa shape index (κ1) is 6.55. The molecule has 3 nitrogen and oxygen atoms in total. The largest absolute Gasteiger partial charge is 0.310 e. The lowest BCUT2D eigenvalue weighted by Crippen LogP contribution is -2.26.